The monoisotopic (exact) mass is 162 g/mol. The van der Waals surface area contributed by atoms with E-state index in [1.807, 2.05) is 25.3 Å². The van der Waals surface area contributed by atoms with Gasteiger partial charge in [-0.25, -0.2) is 4.98 Å². The second-order valence-corrected chi connectivity index (χ2v) is 2.18. The number of nitrogens with zero attached hydrogens (tertiary/aromatic N) is 3. The van der Waals surface area contributed by atoms with E-state index in [0.717, 1.165) is 0 Å². The number of aryl methyl sites for hydroxylation is 1. The predicted octanol–water partition coefficient (Wildman–Crippen LogP) is 1.19. The van der Waals surface area contributed by atoms with E-state index in [1.165, 1.54) is 18.2 Å². The van der Waals surface area contributed by atoms with E-state index in [4.69, 9.17) is 0 Å². The lowest BCUT2D eigenvalue weighted by atomic mass is 10.3. The van der Waals surface area contributed by atoms with Gasteiger partial charge in [-0.15, -0.1) is 0 Å². The molecule has 2 aromatic rings. The van der Waals surface area contributed by atoms with Crippen LogP contribution in [0.15, 0.2) is 37.2 Å². The molecule has 0 radical (unpaired) electrons. The summed E-state index contributed by atoms with van der Waals surface area (Å²) in [6.45, 7) is 2.02. The van der Waals surface area contributed by atoms with Gasteiger partial charge in [0.05, 0.1) is 0 Å². The van der Waals surface area contributed by atoms with Crippen LogP contribution in [0.3, 0.4) is 0 Å². The average Bonchev–Trinajstić information content (AvgIpc) is 2.62. The van der Waals surface area contributed by atoms with Crippen LogP contribution in [-0.4, -0.2) is 20.2 Å². The van der Waals surface area contributed by atoms with Crippen LogP contribution in [0.2, 0.25) is 0 Å². The van der Waals surface area contributed by atoms with Gasteiger partial charge in [0.1, 0.15) is 12.7 Å². The van der Waals surface area contributed by atoms with Crippen LogP contribution in [0.1, 0.15) is 5.56 Å². The molecular formula is C8H10N4. The molecular weight excluding hydrogens is 152 g/mol. The van der Waals surface area contributed by atoms with E-state index >= 15 is 0 Å². The maximum absolute atomic E-state index is 3.88. The standard InChI is InChI=1S/C6H7N.C2H3N3/c1-6-3-2-4-7-5-6;1-3-2-5-4-1/h2-5H,1H3;1-2H,(H,3,4,5). The summed E-state index contributed by atoms with van der Waals surface area (Å²) in [6.07, 6.45) is 6.56. The number of pyridine rings is 1. The molecule has 2 heterocycles. The van der Waals surface area contributed by atoms with Crippen molar-refractivity contribution >= 4 is 0 Å². The summed E-state index contributed by atoms with van der Waals surface area (Å²) in [5.41, 5.74) is 1.21. The van der Waals surface area contributed by atoms with Crippen LogP contribution < -0.4 is 0 Å². The normalized spacial score (nSPS) is 8.42. The predicted molar refractivity (Wildman–Crippen MR) is 45.4 cm³/mol. The van der Waals surface area contributed by atoms with Gasteiger partial charge in [-0.2, -0.15) is 5.10 Å². The van der Waals surface area contributed by atoms with Gasteiger partial charge in [-0.1, -0.05) is 6.07 Å². The first-order valence-electron chi connectivity index (χ1n) is 3.55. The molecule has 0 saturated heterocycles. The van der Waals surface area contributed by atoms with Gasteiger partial charge in [-0.05, 0) is 18.6 Å². The van der Waals surface area contributed by atoms with Crippen LogP contribution in [-0.2, 0) is 0 Å². The number of aromatic nitrogens is 4. The molecule has 1 N–H and O–H groups in total. The van der Waals surface area contributed by atoms with Gasteiger partial charge in [0.2, 0.25) is 0 Å². The molecule has 4 nitrogen and oxygen atoms in total. The molecule has 0 aliphatic heterocycles. The number of hydrogen-bond donors (Lipinski definition) is 1. The van der Waals surface area contributed by atoms with Crippen molar-refractivity contribution in [1.82, 2.24) is 20.2 Å². The first-order valence-corrected chi connectivity index (χ1v) is 3.55. The molecule has 0 atom stereocenters. The minimum Gasteiger partial charge on any atom is -0.266 e. The number of aromatic amines is 1. The molecule has 0 amide bonds. The highest BCUT2D eigenvalue weighted by Gasteiger charge is 1.73. The summed E-state index contributed by atoms with van der Waals surface area (Å²) in [5, 5.41) is 5.99. The highest BCUT2D eigenvalue weighted by Crippen LogP contribution is 1.88. The third-order valence-corrected chi connectivity index (χ3v) is 1.14. The van der Waals surface area contributed by atoms with Crippen molar-refractivity contribution in [3.05, 3.63) is 42.7 Å². The Balaban J connectivity index is 0.000000127. The van der Waals surface area contributed by atoms with Crippen molar-refractivity contribution in [1.29, 1.82) is 0 Å². The Hall–Kier alpha value is -1.71. The molecule has 62 valence electrons. The van der Waals surface area contributed by atoms with E-state index < -0.39 is 0 Å². The van der Waals surface area contributed by atoms with E-state index in [-0.39, 0.29) is 0 Å². The minimum atomic E-state index is 1.21. The van der Waals surface area contributed by atoms with Crippen molar-refractivity contribution in [2.24, 2.45) is 0 Å². The molecule has 2 aromatic heterocycles. The van der Waals surface area contributed by atoms with Crippen LogP contribution in [0.4, 0.5) is 0 Å². The zero-order chi connectivity index (χ0) is 8.65. The molecule has 0 fully saturated rings. The van der Waals surface area contributed by atoms with Gasteiger partial charge in [0, 0.05) is 12.4 Å². The smallest absolute Gasteiger partial charge is 0.137 e. The van der Waals surface area contributed by atoms with Crippen molar-refractivity contribution in [3.63, 3.8) is 0 Å². The van der Waals surface area contributed by atoms with E-state index in [9.17, 15) is 0 Å². The average molecular weight is 162 g/mol. The van der Waals surface area contributed by atoms with Gasteiger partial charge in [0.25, 0.3) is 0 Å². The quantitative estimate of drug-likeness (QED) is 0.633. The molecule has 12 heavy (non-hydrogen) atoms. The number of H-pyrrole nitrogens is 1. The summed E-state index contributed by atoms with van der Waals surface area (Å²) in [5.74, 6) is 0. The molecule has 2 rings (SSSR count). The summed E-state index contributed by atoms with van der Waals surface area (Å²) in [7, 11) is 0. The van der Waals surface area contributed by atoms with Crippen LogP contribution in [0.25, 0.3) is 0 Å². The third kappa shape index (κ3) is 3.46. The SMILES string of the molecule is Cc1cccnc1.c1nc[nH]n1. The lowest BCUT2D eigenvalue weighted by Crippen LogP contribution is -1.69. The Labute approximate surface area is 70.7 Å². The van der Waals surface area contributed by atoms with E-state index in [1.54, 1.807) is 6.20 Å². The van der Waals surface area contributed by atoms with Crippen molar-refractivity contribution < 1.29 is 0 Å². The minimum absolute atomic E-state index is 1.21. The molecule has 4 heteroatoms. The van der Waals surface area contributed by atoms with Gasteiger partial charge in [-0.3, -0.25) is 10.1 Å². The highest BCUT2D eigenvalue weighted by molar-refractivity contribution is 5.04. The van der Waals surface area contributed by atoms with Crippen molar-refractivity contribution in [3.8, 4) is 0 Å². The summed E-state index contributed by atoms with van der Waals surface area (Å²) >= 11 is 0. The molecule has 0 bridgehead atoms. The molecule has 0 spiro atoms. The number of hydrogen-bond acceptors (Lipinski definition) is 3. The number of nitrogens with one attached hydrogen (secondary N) is 1. The Morgan fingerprint density at radius 2 is 2.25 bits per heavy atom. The van der Waals surface area contributed by atoms with Crippen LogP contribution in [0.5, 0.6) is 0 Å². The van der Waals surface area contributed by atoms with E-state index in [2.05, 4.69) is 20.2 Å². The maximum atomic E-state index is 3.88. The zero-order valence-electron chi connectivity index (χ0n) is 6.81. The fraction of sp³-hybridized carbons (Fsp3) is 0.125. The lowest BCUT2D eigenvalue weighted by Gasteiger charge is -1.82. The third-order valence-electron chi connectivity index (χ3n) is 1.14. The fourth-order valence-corrected chi connectivity index (χ4v) is 0.615. The second kappa shape index (κ2) is 5.01. The topological polar surface area (TPSA) is 54.5 Å². The van der Waals surface area contributed by atoms with E-state index in [0.29, 0.717) is 0 Å². The van der Waals surface area contributed by atoms with Gasteiger partial charge < -0.3 is 0 Å². The summed E-state index contributed by atoms with van der Waals surface area (Å²) in [6, 6.07) is 3.95. The Morgan fingerprint density at radius 3 is 2.50 bits per heavy atom. The summed E-state index contributed by atoms with van der Waals surface area (Å²) in [4.78, 5) is 7.44. The Bertz CT molecular complexity index is 260. The summed E-state index contributed by atoms with van der Waals surface area (Å²) < 4.78 is 0. The lowest BCUT2D eigenvalue weighted by molar-refractivity contribution is 1.09. The largest absolute Gasteiger partial charge is 0.266 e. The molecule has 0 aliphatic carbocycles. The first kappa shape index (κ1) is 8.39. The molecule has 0 aliphatic rings. The van der Waals surface area contributed by atoms with Crippen molar-refractivity contribution in [2.75, 3.05) is 0 Å². The maximum Gasteiger partial charge on any atom is 0.137 e. The second-order valence-electron chi connectivity index (χ2n) is 2.18. The van der Waals surface area contributed by atoms with Crippen molar-refractivity contribution in [2.45, 2.75) is 6.92 Å². The zero-order valence-corrected chi connectivity index (χ0v) is 6.81. The van der Waals surface area contributed by atoms with Crippen LogP contribution in [0, 0.1) is 6.92 Å². The fourth-order valence-electron chi connectivity index (χ4n) is 0.615. The van der Waals surface area contributed by atoms with Gasteiger partial charge in [0.15, 0.2) is 0 Å². The Morgan fingerprint density at radius 1 is 1.33 bits per heavy atom. The molecule has 0 saturated carbocycles. The van der Waals surface area contributed by atoms with Crippen LogP contribution >= 0.6 is 0 Å². The van der Waals surface area contributed by atoms with Gasteiger partial charge >= 0.3 is 0 Å². The number of rotatable bonds is 0. The highest BCUT2D eigenvalue weighted by atomic mass is 15.2. The Kier molecular flexibility index (Phi) is 3.50. The molecule has 0 unspecified atom stereocenters. The first-order chi connectivity index (χ1) is 5.89. The molecule has 0 aromatic carbocycles.